The van der Waals surface area contributed by atoms with Gasteiger partial charge in [0.15, 0.2) is 0 Å². The summed E-state index contributed by atoms with van der Waals surface area (Å²) in [6, 6.07) is 4.85. The fourth-order valence-electron chi connectivity index (χ4n) is 1.46. The van der Waals surface area contributed by atoms with Crippen LogP contribution in [0.1, 0.15) is 37.8 Å². The Balaban J connectivity index is 2.77. The maximum Gasteiger partial charge on any atom is 0.116 e. The number of unbranched alkanes of at least 4 members (excludes halogenated alkanes) is 1. The molecule has 1 aromatic rings. The molecule has 0 aromatic heterocycles. The molecule has 0 aliphatic rings. The molecule has 5 N–H and O–H groups in total. The molecular weight excluding hydrogens is 176 g/mol. The van der Waals surface area contributed by atoms with E-state index in [2.05, 4.69) is 6.92 Å². The highest BCUT2D eigenvalue weighted by Gasteiger charge is 2.09. The quantitative estimate of drug-likeness (QED) is 0.508. The van der Waals surface area contributed by atoms with Crippen molar-refractivity contribution >= 4 is 5.69 Å². The Labute approximate surface area is 84.7 Å². The van der Waals surface area contributed by atoms with Crippen molar-refractivity contribution in [2.24, 2.45) is 5.73 Å². The van der Waals surface area contributed by atoms with Crippen LogP contribution in [0.15, 0.2) is 18.2 Å². The smallest absolute Gasteiger partial charge is 0.116 e. The van der Waals surface area contributed by atoms with Crippen LogP contribution in [0.5, 0.6) is 5.75 Å². The van der Waals surface area contributed by atoms with E-state index in [0.717, 1.165) is 24.8 Å². The molecule has 0 fully saturated rings. The zero-order valence-corrected chi connectivity index (χ0v) is 8.53. The number of aromatic hydroxyl groups is 1. The first-order valence-electron chi connectivity index (χ1n) is 4.99. The average molecular weight is 194 g/mol. The lowest BCUT2D eigenvalue weighted by atomic mass is 10.0. The largest absolute Gasteiger partial charge is 0.508 e. The highest BCUT2D eigenvalue weighted by Crippen LogP contribution is 2.26. The van der Waals surface area contributed by atoms with E-state index in [1.54, 1.807) is 18.2 Å². The zero-order valence-electron chi connectivity index (χ0n) is 8.53. The second-order valence-corrected chi connectivity index (χ2v) is 3.56. The van der Waals surface area contributed by atoms with Gasteiger partial charge in [0.05, 0.1) is 0 Å². The van der Waals surface area contributed by atoms with Crippen molar-refractivity contribution in [3.63, 3.8) is 0 Å². The van der Waals surface area contributed by atoms with Crippen LogP contribution in [0, 0.1) is 0 Å². The summed E-state index contributed by atoms with van der Waals surface area (Å²) in [5, 5.41) is 9.30. The van der Waals surface area contributed by atoms with E-state index in [0.29, 0.717) is 5.69 Å². The minimum Gasteiger partial charge on any atom is -0.508 e. The lowest BCUT2D eigenvalue weighted by molar-refractivity contribution is 0.473. The van der Waals surface area contributed by atoms with Gasteiger partial charge in [0.1, 0.15) is 5.75 Å². The minimum absolute atomic E-state index is 0.0675. The Morgan fingerprint density at radius 2 is 2.14 bits per heavy atom. The van der Waals surface area contributed by atoms with E-state index in [1.807, 2.05) is 0 Å². The van der Waals surface area contributed by atoms with Crippen molar-refractivity contribution in [1.29, 1.82) is 0 Å². The normalized spacial score (nSPS) is 12.7. The molecular formula is C11H18N2O. The van der Waals surface area contributed by atoms with Crippen LogP contribution in [0.2, 0.25) is 0 Å². The number of hydrogen-bond acceptors (Lipinski definition) is 3. The molecule has 0 saturated carbocycles. The van der Waals surface area contributed by atoms with Gasteiger partial charge in [-0.15, -0.1) is 0 Å². The number of phenolic OH excluding ortho intramolecular Hbond substituents is 1. The molecule has 0 radical (unpaired) electrons. The molecule has 0 amide bonds. The van der Waals surface area contributed by atoms with E-state index >= 15 is 0 Å². The van der Waals surface area contributed by atoms with Crippen molar-refractivity contribution in [1.82, 2.24) is 0 Å². The van der Waals surface area contributed by atoms with Crippen LogP contribution < -0.4 is 11.5 Å². The third kappa shape index (κ3) is 2.64. The number of nitrogens with two attached hydrogens (primary N) is 2. The average Bonchev–Trinajstić information content (AvgIpc) is 2.18. The predicted molar refractivity (Wildman–Crippen MR) is 59.0 cm³/mol. The van der Waals surface area contributed by atoms with Gasteiger partial charge >= 0.3 is 0 Å². The monoisotopic (exact) mass is 194 g/mol. The zero-order chi connectivity index (χ0) is 10.6. The molecule has 3 nitrogen and oxygen atoms in total. The first kappa shape index (κ1) is 10.9. The minimum atomic E-state index is -0.0675. The van der Waals surface area contributed by atoms with E-state index in [9.17, 15) is 5.11 Å². The van der Waals surface area contributed by atoms with E-state index in [-0.39, 0.29) is 11.8 Å². The standard InChI is InChI=1S/C11H18N2O/c1-2-3-4-10(12)9-7-8(14)5-6-11(9)13/h5-7,10,14H,2-4,12-13H2,1H3. The van der Waals surface area contributed by atoms with Crippen LogP contribution in [-0.4, -0.2) is 5.11 Å². The van der Waals surface area contributed by atoms with Gasteiger partial charge in [0.2, 0.25) is 0 Å². The summed E-state index contributed by atoms with van der Waals surface area (Å²) in [7, 11) is 0. The molecule has 1 rings (SSSR count). The summed E-state index contributed by atoms with van der Waals surface area (Å²) in [5.41, 5.74) is 13.2. The number of hydrogen-bond donors (Lipinski definition) is 3. The highest BCUT2D eigenvalue weighted by molar-refractivity contribution is 5.51. The molecule has 1 atom stereocenters. The maximum absolute atomic E-state index is 9.30. The van der Waals surface area contributed by atoms with Gasteiger partial charge in [-0.1, -0.05) is 19.8 Å². The van der Waals surface area contributed by atoms with Gasteiger partial charge in [-0.25, -0.2) is 0 Å². The first-order valence-corrected chi connectivity index (χ1v) is 4.99. The van der Waals surface area contributed by atoms with Crippen LogP contribution >= 0.6 is 0 Å². The molecule has 0 heterocycles. The second-order valence-electron chi connectivity index (χ2n) is 3.56. The van der Waals surface area contributed by atoms with E-state index in [1.165, 1.54) is 0 Å². The molecule has 1 aromatic carbocycles. The van der Waals surface area contributed by atoms with Crippen molar-refractivity contribution < 1.29 is 5.11 Å². The van der Waals surface area contributed by atoms with Crippen molar-refractivity contribution in [3.05, 3.63) is 23.8 Å². The predicted octanol–water partition coefficient (Wildman–Crippen LogP) is 2.16. The molecule has 1 unspecified atom stereocenters. The third-order valence-corrected chi connectivity index (χ3v) is 2.34. The Morgan fingerprint density at radius 3 is 2.79 bits per heavy atom. The summed E-state index contributed by atoms with van der Waals surface area (Å²) in [6.45, 7) is 2.12. The van der Waals surface area contributed by atoms with Gasteiger partial charge in [0.25, 0.3) is 0 Å². The number of anilines is 1. The summed E-state index contributed by atoms with van der Waals surface area (Å²) >= 11 is 0. The molecule has 0 spiro atoms. The molecule has 0 saturated heterocycles. The number of benzene rings is 1. The van der Waals surface area contributed by atoms with Crippen molar-refractivity contribution in [2.75, 3.05) is 5.73 Å². The fraction of sp³-hybridized carbons (Fsp3) is 0.455. The number of phenols is 1. The third-order valence-electron chi connectivity index (χ3n) is 2.34. The van der Waals surface area contributed by atoms with Gasteiger partial charge in [-0.2, -0.15) is 0 Å². The Kier molecular flexibility index (Phi) is 3.77. The fourth-order valence-corrected chi connectivity index (χ4v) is 1.46. The summed E-state index contributed by atoms with van der Waals surface area (Å²) in [5.74, 6) is 0.223. The van der Waals surface area contributed by atoms with Gasteiger partial charge < -0.3 is 16.6 Å². The molecule has 0 aliphatic carbocycles. The number of rotatable bonds is 4. The topological polar surface area (TPSA) is 72.3 Å². The van der Waals surface area contributed by atoms with Crippen molar-refractivity contribution in [2.45, 2.75) is 32.2 Å². The SMILES string of the molecule is CCCCC(N)c1cc(O)ccc1N. The lowest BCUT2D eigenvalue weighted by Gasteiger charge is -2.14. The molecule has 14 heavy (non-hydrogen) atoms. The molecule has 3 heteroatoms. The first-order chi connectivity index (χ1) is 6.65. The second kappa shape index (κ2) is 4.86. The van der Waals surface area contributed by atoms with Crippen LogP contribution in [0.4, 0.5) is 5.69 Å². The van der Waals surface area contributed by atoms with E-state index in [4.69, 9.17) is 11.5 Å². The molecule has 78 valence electrons. The number of nitrogen functional groups attached to an aromatic ring is 1. The summed E-state index contributed by atoms with van der Waals surface area (Å²) in [6.07, 6.45) is 3.10. The van der Waals surface area contributed by atoms with Crippen LogP contribution in [0.3, 0.4) is 0 Å². The molecule has 0 bridgehead atoms. The van der Waals surface area contributed by atoms with E-state index < -0.39 is 0 Å². The van der Waals surface area contributed by atoms with Crippen molar-refractivity contribution in [3.8, 4) is 5.75 Å². The summed E-state index contributed by atoms with van der Waals surface area (Å²) in [4.78, 5) is 0. The van der Waals surface area contributed by atoms with Gasteiger partial charge in [0, 0.05) is 11.7 Å². The maximum atomic E-state index is 9.30. The van der Waals surface area contributed by atoms with Gasteiger partial charge in [-0.05, 0) is 30.2 Å². The van der Waals surface area contributed by atoms with Crippen LogP contribution in [-0.2, 0) is 0 Å². The molecule has 0 aliphatic heterocycles. The van der Waals surface area contributed by atoms with Gasteiger partial charge in [-0.3, -0.25) is 0 Å². The Hall–Kier alpha value is -1.22. The lowest BCUT2D eigenvalue weighted by Crippen LogP contribution is -2.12. The highest BCUT2D eigenvalue weighted by atomic mass is 16.3. The summed E-state index contributed by atoms with van der Waals surface area (Å²) < 4.78 is 0. The Morgan fingerprint density at radius 1 is 1.43 bits per heavy atom. The van der Waals surface area contributed by atoms with Crippen LogP contribution in [0.25, 0.3) is 0 Å². The Bertz CT molecular complexity index is 299.